The third-order valence-electron chi connectivity index (χ3n) is 5.89. The number of thiophene rings is 1. The van der Waals surface area contributed by atoms with E-state index >= 15 is 0 Å². The minimum Gasteiger partial charge on any atom is -0.359 e. The number of fused-ring (bicyclic) bond motifs is 2. The maximum Gasteiger partial charge on any atom is 0.333 e. The fraction of sp³-hybridized carbons (Fsp3) is 0.125. The van der Waals surface area contributed by atoms with Crippen LogP contribution >= 0.6 is 22.9 Å². The summed E-state index contributed by atoms with van der Waals surface area (Å²) in [5.74, 6) is -2.71. The van der Waals surface area contributed by atoms with Crippen LogP contribution in [0.2, 0.25) is 5.02 Å². The normalized spacial score (nSPS) is 15.1. The van der Waals surface area contributed by atoms with Gasteiger partial charge in [0.15, 0.2) is 0 Å². The Morgan fingerprint density at radius 3 is 2.62 bits per heavy atom. The van der Waals surface area contributed by atoms with Gasteiger partial charge in [-0.15, -0.1) is 11.3 Å². The molecule has 34 heavy (non-hydrogen) atoms. The fourth-order valence-electron chi connectivity index (χ4n) is 4.23. The van der Waals surface area contributed by atoms with Gasteiger partial charge in [-0.05, 0) is 24.3 Å². The number of nitrogens with zero attached hydrogens (tertiary/aromatic N) is 3. The highest BCUT2D eigenvalue weighted by Gasteiger charge is 2.43. The minimum atomic E-state index is -2.71. The van der Waals surface area contributed by atoms with Crippen molar-refractivity contribution in [1.82, 2.24) is 14.5 Å². The van der Waals surface area contributed by atoms with Crippen molar-refractivity contribution >= 4 is 49.6 Å². The lowest BCUT2D eigenvalue weighted by molar-refractivity contribution is -0.0262. The molecule has 5 aromatic rings. The summed E-state index contributed by atoms with van der Waals surface area (Å²) in [7, 11) is 0. The lowest BCUT2D eigenvalue weighted by Crippen LogP contribution is -2.56. The number of anilines is 1. The number of H-pyrrole nitrogens is 1. The average molecular weight is 497 g/mol. The number of nitrogens with one attached hydrogen (secondary N) is 1. The van der Waals surface area contributed by atoms with Crippen molar-refractivity contribution in [3.05, 3.63) is 86.8 Å². The summed E-state index contributed by atoms with van der Waals surface area (Å²) in [5, 5.41) is 1.79. The smallest absolute Gasteiger partial charge is 0.333 e. The van der Waals surface area contributed by atoms with Crippen molar-refractivity contribution in [2.45, 2.75) is 5.92 Å². The van der Waals surface area contributed by atoms with E-state index < -0.39 is 17.2 Å². The SMILES string of the molecule is O=c1[nH]c2cc(-c3ccccc3Cl)sc2c(=O)n1-c1cncc2ccc(N3CC(F)(F)C3)cc12. The van der Waals surface area contributed by atoms with E-state index in [0.717, 1.165) is 15.0 Å². The highest BCUT2D eigenvalue weighted by Crippen LogP contribution is 2.36. The first-order chi connectivity index (χ1) is 16.3. The van der Waals surface area contributed by atoms with Crippen LogP contribution in [0.15, 0.2) is 70.5 Å². The minimum absolute atomic E-state index is 0.285. The first-order valence-electron chi connectivity index (χ1n) is 10.4. The van der Waals surface area contributed by atoms with Crippen LogP contribution in [0.4, 0.5) is 14.5 Å². The van der Waals surface area contributed by atoms with E-state index in [2.05, 4.69) is 9.97 Å². The molecule has 10 heteroatoms. The second kappa shape index (κ2) is 7.48. The molecule has 1 aliphatic rings. The third-order valence-corrected chi connectivity index (χ3v) is 7.37. The Labute approximate surface area is 199 Å². The van der Waals surface area contributed by atoms with Gasteiger partial charge in [0.05, 0.1) is 30.5 Å². The third kappa shape index (κ3) is 3.31. The molecule has 6 nitrogen and oxygen atoms in total. The number of rotatable bonds is 3. The van der Waals surface area contributed by atoms with E-state index in [1.165, 1.54) is 17.5 Å². The number of aromatic nitrogens is 3. The predicted octanol–water partition coefficient (Wildman–Crippen LogP) is 5.06. The van der Waals surface area contributed by atoms with Crippen LogP contribution < -0.4 is 16.1 Å². The largest absolute Gasteiger partial charge is 0.359 e. The van der Waals surface area contributed by atoms with Crippen LogP contribution in [0.1, 0.15) is 0 Å². The molecule has 1 saturated heterocycles. The number of halogens is 3. The first-order valence-corrected chi connectivity index (χ1v) is 11.5. The van der Waals surface area contributed by atoms with E-state index in [0.29, 0.717) is 31.7 Å². The Morgan fingerprint density at radius 2 is 1.85 bits per heavy atom. The molecular weight excluding hydrogens is 482 g/mol. The summed E-state index contributed by atoms with van der Waals surface area (Å²) in [5.41, 5.74) is 0.956. The van der Waals surface area contributed by atoms with E-state index in [4.69, 9.17) is 11.6 Å². The Morgan fingerprint density at radius 1 is 1.06 bits per heavy atom. The van der Waals surface area contributed by atoms with Gasteiger partial charge in [0, 0.05) is 38.1 Å². The van der Waals surface area contributed by atoms with Crippen molar-refractivity contribution in [3.63, 3.8) is 0 Å². The monoisotopic (exact) mass is 496 g/mol. The average Bonchev–Trinajstić information content (AvgIpc) is 3.21. The van der Waals surface area contributed by atoms with E-state index in [-0.39, 0.29) is 18.8 Å². The summed E-state index contributed by atoms with van der Waals surface area (Å²) in [6.45, 7) is -0.739. The molecule has 6 rings (SSSR count). The number of aromatic amines is 1. The Hall–Kier alpha value is -3.56. The molecule has 1 fully saturated rings. The van der Waals surface area contributed by atoms with Crippen molar-refractivity contribution < 1.29 is 8.78 Å². The summed E-state index contributed by atoms with van der Waals surface area (Å²) in [6.07, 6.45) is 3.04. The van der Waals surface area contributed by atoms with E-state index in [1.54, 1.807) is 41.4 Å². The molecule has 1 aliphatic heterocycles. The van der Waals surface area contributed by atoms with Gasteiger partial charge in [0.25, 0.3) is 11.5 Å². The number of benzene rings is 2. The molecular formula is C24H15ClF2N4O2S. The fourth-order valence-corrected chi connectivity index (χ4v) is 5.60. The highest BCUT2D eigenvalue weighted by atomic mass is 35.5. The van der Waals surface area contributed by atoms with Gasteiger partial charge < -0.3 is 9.88 Å². The van der Waals surface area contributed by atoms with Crippen molar-refractivity contribution in [2.24, 2.45) is 0 Å². The maximum absolute atomic E-state index is 13.5. The number of hydrogen-bond donors (Lipinski definition) is 1. The van der Waals surface area contributed by atoms with Crippen LogP contribution in [0, 0.1) is 0 Å². The van der Waals surface area contributed by atoms with Gasteiger partial charge in [0.2, 0.25) is 0 Å². The van der Waals surface area contributed by atoms with Gasteiger partial charge in [-0.2, -0.15) is 0 Å². The second-order valence-corrected chi connectivity index (χ2v) is 9.64. The van der Waals surface area contributed by atoms with Gasteiger partial charge in [-0.25, -0.2) is 18.1 Å². The Balaban J connectivity index is 1.53. The zero-order valence-electron chi connectivity index (χ0n) is 17.4. The Kier molecular flexibility index (Phi) is 4.62. The molecule has 0 bridgehead atoms. The summed E-state index contributed by atoms with van der Waals surface area (Å²) >= 11 is 7.55. The van der Waals surface area contributed by atoms with Gasteiger partial charge in [0.1, 0.15) is 4.70 Å². The molecule has 170 valence electrons. The molecule has 2 aromatic carbocycles. The molecule has 0 radical (unpaired) electrons. The summed E-state index contributed by atoms with van der Waals surface area (Å²) in [4.78, 5) is 35.8. The summed E-state index contributed by atoms with van der Waals surface area (Å²) < 4.78 is 28.2. The van der Waals surface area contributed by atoms with Crippen LogP contribution in [-0.4, -0.2) is 33.5 Å². The molecule has 0 atom stereocenters. The quantitative estimate of drug-likeness (QED) is 0.379. The topological polar surface area (TPSA) is 71.0 Å². The van der Waals surface area contributed by atoms with Gasteiger partial charge in [-0.3, -0.25) is 9.78 Å². The maximum atomic E-state index is 13.5. The number of hydrogen-bond acceptors (Lipinski definition) is 5. The molecule has 0 amide bonds. The number of alkyl halides is 2. The number of pyridine rings is 1. The van der Waals surface area contributed by atoms with Crippen LogP contribution in [0.5, 0.6) is 0 Å². The van der Waals surface area contributed by atoms with Crippen molar-refractivity contribution in [1.29, 1.82) is 0 Å². The zero-order valence-corrected chi connectivity index (χ0v) is 19.0. The lowest BCUT2D eigenvalue weighted by Gasteiger charge is -2.40. The molecule has 0 saturated carbocycles. The van der Waals surface area contributed by atoms with E-state index in [1.807, 2.05) is 18.2 Å². The van der Waals surface area contributed by atoms with Crippen LogP contribution in [0.3, 0.4) is 0 Å². The van der Waals surface area contributed by atoms with Crippen LogP contribution in [0.25, 0.3) is 37.1 Å². The molecule has 4 heterocycles. The molecule has 0 aliphatic carbocycles. The van der Waals surface area contributed by atoms with Crippen LogP contribution in [-0.2, 0) is 0 Å². The summed E-state index contributed by atoms with van der Waals surface area (Å²) in [6, 6.07) is 14.2. The second-order valence-electron chi connectivity index (χ2n) is 8.18. The predicted molar refractivity (Wildman–Crippen MR) is 131 cm³/mol. The highest BCUT2D eigenvalue weighted by molar-refractivity contribution is 7.22. The zero-order chi connectivity index (χ0) is 23.6. The van der Waals surface area contributed by atoms with Gasteiger partial charge >= 0.3 is 5.69 Å². The standard InChI is InChI=1S/C24H15ClF2N4O2S/c25-17-4-2-1-3-15(17)20-8-18-21(34-20)22(32)31(23(33)29-18)19-10-28-9-13-5-6-14(7-16(13)19)30-11-24(26,27)12-30/h1-10H,11-12H2,(H,29,33). The lowest BCUT2D eigenvalue weighted by atomic mass is 10.1. The molecule has 3 aromatic heterocycles. The van der Waals surface area contributed by atoms with E-state index in [9.17, 15) is 18.4 Å². The first kappa shape index (κ1) is 21.0. The molecule has 0 spiro atoms. The van der Waals surface area contributed by atoms with Crippen molar-refractivity contribution in [3.8, 4) is 16.1 Å². The van der Waals surface area contributed by atoms with Gasteiger partial charge in [-0.1, -0.05) is 35.9 Å². The Bertz CT molecular complexity index is 1720. The van der Waals surface area contributed by atoms with Crippen molar-refractivity contribution in [2.75, 3.05) is 18.0 Å². The molecule has 0 unspecified atom stereocenters. The molecule has 1 N–H and O–H groups in total.